The van der Waals surface area contributed by atoms with Gasteiger partial charge in [-0.2, -0.15) is 0 Å². The van der Waals surface area contributed by atoms with Crippen LogP contribution in [0.15, 0.2) is 11.6 Å². The molecule has 22 heavy (non-hydrogen) atoms. The highest BCUT2D eigenvalue weighted by molar-refractivity contribution is 7.79. The van der Waals surface area contributed by atoms with E-state index in [1.807, 2.05) is 6.08 Å². The second-order valence-corrected chi connectivity index (χ2v) is 9.21. The van der Waals surface area contributed by atoms with Crippen molar-refractivity contribution in [2.75, 3.05) is 0 Å². The lowest BCUT2D eigenvalue weighted by atomic mass is 9.47. The number of rotatable bonds is 1. The van der Waals surface area contributed by atoms with Gasteiger partial charge in [0.25, 0.3) is 0 Å². The third-order valence-electron chi connectivity index (χ3n) is 8.01. The van der Waals surface area contributed by atoms with Crippen LogP contribution in [-0.4, -0.2) is 11.2 Å². The molecule has 0 N–H and O–H groups in total. The van der Waals surface area contributed by atoms with Crippen molar-refractivity contribution in [1.82, 2.24) is 0 Å². The van der Waals surface area contributed by atoms with Crippen LogP contribution < -0.4 is 0 Å². The Morgan fingerprint density at radius 3 is 2.77 bits per heavy atom. The molecule has 4 rings (SSSR count). The maximum Gasteiger partial charge on any atom is 0.163 e. The van der Waals surface area contributed by atoms with Crippen molar-refractivity contribution < 1.29 is 4.79 Å². The smallest absolute Gasteiger partial charge is 0.163 e. The molecule has 1 nitrogen and oxygen atoms in total. The average Bonchev–Trinajstić information content (AvgIpc) is 2.89. The molecule has 0 heterocycles. The molecule has 3 saturated carbocycles. The van der Waals surface area contributed by atoms with Crippen LogP contribution in [0.3, 0.4) is 0 Å². The third kappa shape index (κ3) is 1.95. The highest BCUT2D eigenvalue weighted by atomic mass is 32.1. The van der Waals surface area contributed by atoms with Gasteiger partial charge in [0.1, 0.15) is 0 Å². The van der Waals surface area contributed by atoms with Crippen molar-refractivity contribution >= 4 is 23.4 Å². The molecular formula is C20H28OS. The Labute approximate surface area is 139 Å². The molecule has 6 atom stereocenters. The summed E-state index contributed by atoms with van der Waals surface area (Å²) in [4.78, 5) is 12.2. The standard InChI is InChI=1S/C20H28OS/c1-19-8-3-4-16(19)15-6-5-14-10-18(21)13(12-22)11-20(14,2)17(15)7-9-19/h10,12-13,15-17H,3-9,11H2,1-2H3/t13?,15-,16-,17-,19-,20-/m0/s1. The van der Waals surface area contributed by atoms with Gasteiger partial charge in [0, 0.05) is 0 Å². The van der Waals surface area contributed by atoms with Crippen LogP contribution in [0.2, 0.25) is 0 Å². The molecule has 0 aromatic carbocycles. The Morgan fingerprint density at radius 2 is 2.00 bits per heavy atom. The fourth-order valence-electron chi connectivity index (χ4n) is 6.79. The van der Waals surface area contributed by atoms with E-state index in [0.29, 0.717) is 5.41 Å². The zero-order valence-corrected chi connectivity index (χ0v) is 14.8. The summed E-state index contributed by atoms with van der Waals surface area (Å²) in [6.45, 7) is 5.00. The maximum absolute atomic E-state index is 12.2. The highest BCUT2D eigenvalue weighted by Crippen LogP contribution is 2.65. The summed E-state index contributed by atoms with van der Waals surface area (Å²) < 4.78 is 0. The quantitative estimate of drug-likeness (QED) is 0.623. The van der Waals surface area contributed by atoms with E-state index in [9.17, 15) is 4.79 Å². The minimum absolute atomic E-state index is 0.0145. The fourth-order valence-corrected chi connectivity index (χ4v) is 7.02. The molecular weight excluding hydrogens is 288 g/mol. The first-order chi connectivity index (χ1) is 10.5. The molecule has 0 radical (unpaired) electrons. The van der Waals surface area contributed by atoms with E-state index in [4.69, 9.17) is 12.2 Å². The van der Waals surface area contributed by atoms with Gasteiger partial charge in [-0.25, -0.2) is 0 Å². The Hall–Kier alpha value is -0.500. The Morgan fingerprint density at radius 1 is 1.18 bits per heavy atom. The lowest BCUT2D eigenvalue weighted by Gasteiger charge is -2.57. The first-order valence-corrected chi connectivity index (χ1v) is 9.65. The van der Waals surface area contributed by atoms with Gasteiger partial charge in [0.05, 0.1) is 5.92 Å². The summed E-state index contributed by atoms with van der Waals surface area (Å²) in [5.41, 5.74) is 2.31. The first kappa shape index (κ1) is 15.1. The molecule has 1 unspecified atom stereocenters. The molecule has 2 heteroatoms. The lowest BCUT2D eigenvalue weighted by molar-refractivity contribution is -0.119. The van der Waals surface area contributed by atoms with Crippen LogP contribution in [0.25, 0.3) is 0 Å². The predicted molar refractivity (Wildman–Crippen MR) is 93.9 cm³/mol. The van der Waals surface area contributed by atoms with E-state index >= 15 is 0 Å². The molecule has 0 aromatic heterocycles. The predicted octanol–water partition coefficient (Wildman–Crippen LogP) is 5.13. The van der Waals surface area contributed by atoms with Crippen LogP contribution in [0.1, 0.15) is 65.2 Å². The van der Waals surface area contributed by atoms with Gasteiger partial charge in [-0.15, -0.1) is 0 Å². The number of carbonyl (C=O) groups is 1. The van der Waals surface area contributed by atoms with Gasteiger partial charge in [0.15, 0.2) is 5.78 Å². The van der Waals surface area contributed by atoms with Gasteiger partial charge < -0.3 is 0 Å². The molecule has 0 spiro atoms. The number of thiocarbonyl (C=S) groups is 1. The third-order valence-corrected chi connectivity index (χ3v) is 8.34. The van der Waals surface area contributed by atoms with E-state index in [-0.39, 0.29) is 17.1 Å². The molecule has 0 aliphatic heterocycles. The van der Waals surface area contributed by atoms with Crippen molar-refractivity contribution in [2.24, 2.45) is 34.5 Å². The summed E-state index contributed by atoms with van der Waals surface area (Å²) in [5, 5.41) is 1.73. The Kier molecular flexibility index (Phi) is 3.42. The van der Waals surface area contributed by atoms with Crippen molar-refractivity contribution in [1.29, 1.82) is 0 Å². The number of allylic oxidation sites excluding steroid dienone is 1. The topological polar surface area (TPSA) is 17.1 Å². The molecule has 0 saturated heterocycles. The van der Waals surface area contributed by atoms with E-state index in [1.165, 1.54) is 44.1 Å². The van der Waals surface area contributed by atoms with E-state index in [0.717, 1.165) is 30.6 Å². The number of hydrogen-bond donors (Lipinski definition) is 0. The SMILES string of the molecule is C[C@@]12CCC[C@H]1[C@@H]1CCC3=CC(=O)C(C=S)C[C@]3(C)[C@H]1CC2. The van der Waals surface area contributed by atoms with Gasteiger partial charge in [-0.1, -0.05) is 38.1 Å². The van der Waals surface area contributed by atoms with E-state index < -0.39 is 0 Å². The lowest BCUT2D eigenvalue weighted by Crippen LogP contribution is -2.50. The van der Waals surface area contributed by atoms with E-state index in [1.54, 1.807) is 5.37 Å². The highest BCUT2D eigenvalue weighted by Gasteiger charge is 2.56. The normalized spacial score (nSPS) is 50.6. The number of fused-ring (bicyclic) bond motifs is 5. The maximum atomic E-state index is 12.2. The van der Waals surface area contributed by atoms with Crippen molar-refractivity contribution in [3.63, 3.8) is 0 Å². The average molecular weight is 317 g/mol. The fraction of sp³-hybridized carbons (Fsp3) is 0.800. The monoisotopic (exact) mass is 316 g/mol. The zero-order chi connectivity index (χ0) is 15.5. The summed E-state index contributed by atoms with van der Waals surface area (Å²) >= 11 is 5.16. The minimum atomic E-state index is -0.0145. The van der Waals surface area contributed by atoms with Crippen molar-refractivity contribution in [2.45, 2.75) is 65.2 Å². The van der Waals surface area contributed by atoms with Crippen LogP contribution in [0.5, 0.6) is 0 Å². The van der Waals surface area contributed by atoms with Gasteiger partial charge in [0.2, 0.25) is 0 Å². The molecule has 4 aliphatic carbocycles. The molecule has 0 bridgehead atoms. The molecule has 0 amide bonds. The van der Waals surface area contributed by atoms with Gasteiger partial charge in [-0.3, -0.25) is 4.79 Å². The van der Waals surface area contributed by atoms with Crippen molar-refractivity contribution in [3.8, 4) is 0 Å². The Balaban J connectivity index is 1.70. The molecule has 3 fully saturated rings. The number of ketones is 1. The van der Waals surface area contributed by atoms with Crippen LogP contribution in [0, 0.1) is 34.5 Å². The summed E-state index contributed by atoms with van der Waals surface area (Å²) in [7, 11) is 0. The van der Waals surface area contributed by atoms with Crippen LogP contribution in [0.4, 0.5) is 0 Å². The summed E-state index contributed by atoms with van der Waals surface area (Å²) in [6, 6.07) is 0. The zero-order valence-electron chi connectivity index (χ0n) is 13.9. The van der Waals surface area contributed by atoms with Gasteiger partial charge in [-0.05, 0) is 85.0 Å². The molecule has 4 aliphatic rings. The van der Waals surface area contributed by atoms with E-state index in [2.05, 4.69) is 13.8 Å². The largest absolute Gasteiger partial charge is 0.294 e. The minimum Gasteiger partial charge on any atom is -0.294 e. The Bertz CT molecular complexity index is 550. The van der Waals surface area contributed by atoms with Crippen LogP contribution in [-0.2, 0) is 4.79 Å². The second kappa shape index (κ2) is 5.00. The second-order valence-electron chi connectivity index (χ2n) is 8.94. The molecule has 0 aromatic rings. The van der Waals surface area contributed by atoms with Crippen LogP contribution >= 0.6 is 12.2 Å². The van der Waals surface area contributed by atoms with Gasteiger partial charge >= 0.3 is 0 Å². The number of hydrogen-bond acceptors (Lipinski definition) is 2. The first-order valence-electron chi connectivity index (χ1n) is 9.18. The summed E-state index contributed by atoms with van der Waals surface area (Å²) in [6.07, 6.45) is 12.5. The van der Waals surface area contributed by atoms with Crippen molar-refractivity contribution in [3.05, 3.63) is 11.6 Å². The number of carbonyl (C=O) groups excluding carboxylic acids is 1. The molecule has 120 valence electrons. The summed E-state index contributed by atoms with van der Waals surface area (Å²) in [5.74, 6) is 2.87.